The molecule has 0 N–H and O–H groups in total. The number of para-hydroxylation sites is 2. The van der Waals surface area contributed by atoms with Crippen LogP contribution in [0.25, 0.3) is 44.5 Å². The molecule has 3 aliphatic carbocycles. The van der Waals surface area contributed by atoms with Crippen LogP contribution in [0.2, 0.25) is 0 Å². The highest BCUT2D eigenvalue weighted by atomic mass is 15.1. The Morgan fingerprint density at radius 2 is 0.776 bits per heavy atom. The number of hydrogen-bond donors (Lipinski definition) is 0. The largest absolute Gasteiger partial charge is 0.310 e. The molecule has 0 atom stereocenters. The SMILES string of the molecule is CC1(C)CCC(C)(C)c2cc(-c3ccc(-c4cc5c(cc4N(c4ccccc4)c4ccccc4)C4(c6ccccc6-c6ccccc64)c4ccccc4-5)cc3)ccc21. The highest BCUT2D eigenvalue weighted by Crippen LogP contribution is 2.64. The number of rotatable bonds is 5. The third kappa shape index (κ3) is 5.02. The number of hydrogen-bond acceptors (Lipinski definition) is 1. The minimum atomic E-state index is -0.440. The molecular weight excluding hydrogens is 699 g/mol. The second kappa shape index (κ2) is 12.8. The van der Waals surface area contributed by atoms with Crippen molar-refractivity contribution < 1.29 is 0 Å². The predicted octanol–water partition coefficient (Wildman–Crippen LogP) is 15.2. The smallest absolute Gasteiger partial charge is 0.0726 e. The first-order valence-corrected chi connectivity index (χ1v) is 20.9. The molecule has 0 aromatic heterocycles. The molecule has 0 fully saturated rings. The summed E-state index contributed by atoms with van der Waals surface area (Å²) in [6, 6.07) is 70.7. The van der Waals surface area contributed by atoms with Gasteiger partial charge >= 0.3 is 0 Å². The summed E-state index contributed by atoms with van der Waals surface area (Å²) >= 11 is 0. The molecule has 0 radical (unpaired) electrons. The zero-order valence-electron chi connectivity index (χ0n) is 33.8. The Morgan fingerprint density at radius 3 is 1.33 bits per heavy atom. The van der Waals surface area contributed by atoms with Crippen molar-refractivity contribution in [2.24, 2.45) is 0 Å². The molecule has 280 valence electrons. The van der Waals surface area contributed by atoms with E-state index in [0.29, 0.717) is 0 Å². The lowest BCUT2D eigenvalue weighted by molar-refractivity contribution is 0.332. The van der Waals surface area contributed by atoms with E-state index in [1.54, 1.807) is 0 Å². The van der Waals surface area contributed by atoms with Crippen LogP contribution >= 0.6 is 0 Å². The van der Waals surface area contributed by atoms with Crippen LogP contribution in [-0.4, -0.2) is 0 Å². The Kier molecular flexibility index (Phi) is 7.67. The fourth-order valence-corrected chi connectivity index (χ4v) is 10.7. The van der Waals surface area contributed by atoms with E-state index in [-0.39, 0.29) is 10.8 Å². The molecule has 0 saturated carbocycles. The maximum Gasteiger partial charge on any atom is 0.0726 e. The molecule has 1 nitrogen and oxygen atoms in total. The maximum atomic E-state index is 2.53. The normalized spacial score (nSPS) is 15.9. The lowest BCUT2D eigenvalue weighted by Gasteiger charge is -2.42. The van der Waals surface area contributed by atoms with E-state index >= 15 is 0 Å². The summed E-state index contributed by atoms with van der Waals surface area (Å²) in [4.78, 5) is 2.46. The summed E-state index contributed by atoms with van der Waals surface area (Å²) in [6.45, 7) is 9.64. The van der Waals surface area contributed by atoms with Gasteiger partial charge in [0, 0.05) is 16.9 Å². The van der Waals surface area contributed by atoms with Crippen molar-refractivity contribution >= 4 is 17.1 Å². The van der Waals surface area contributed by atoms with Crippen LogP contribution in [0.15, 0.2) is 188 Å². The molecule has 0 amide bonds. The van der Waals surface area contributed by atoms with Gasteiger partial charge in [-0.1, -0.05) is 179 Å². The summed E-state index contributed by atoms with van der Waals surface area (Å²) in [5.41, 5.74) is 21.9. The zero-order valence-corrected chi connectivity index (χ0v) is 33.8. The topological polar surface area (TPSA) is 3.24 Å². The van der Waals surface area contributed by atoms with Gasteiger partial charge in [-0.2, -0.15) is 0 Å². The monoisotopic (exact) mass is 745 g/mol. The fourth-order valence-electron chi connectivity index (χ4n) is 10.7. The van der Waals surface area contributed by atoms with Crippen LogP contribution in [0.3, 0.4) is 0 Å². The Hall–Kier alpha value is -6.44. The first kappa shape index (κ1) is 34.8. The molecule has 0 heterocycles. The van der Waals surface area contributed by atoms with Gasteiger partial charge in [0.15, 0.2) is 0 Å². The molecule has 11 rings (SSSR count). The van der Waals surface area contributed by atoms with E-state index in [0.717, 1.165) is 17.1 Å². The molecule has 1 heteroatoms. The molecule has 0 saturated heterocycles. The summed E-state index contributed by atoms with van der Waals surface area (Å²) < 4.78 is 0. The average Bonchev–Trinajstić information content (AvgIpc) is 3.73. The lowest BCUT2D eigenvalue weighted by Crippen LogP contribution is -2.33. The van der Waals surface area contributed by atoms with E-state index in [1.165, 1.54) is 90.7 Å². The van der Waals surface area contributed by atoms with Crippen LogP contribution in [-0.2, 0) is 16.2 Å². The molecule has 8 aromatic rings. The second-order valence-electron chi connectivity index (χ2n) is 17.9. The molecular formula is C57H47N. The maximum absolute atomic E-state index is 2.53. The summed E-state index contributed by atoms with van der Waals surface area (Å²) in [5, 5.41) is 0. The zero-order chi connectivity index (χ0) is 39.2. The van der Waals surface area contributed by atoms with Crippen LogP contribution in [0.1, 0.15) is 73.9 Å². The number of benzene rings is 8. The van der Waals surface area contributed by atoms with Crippen molar-refractivity contribution in [1.82, 2.24) is 0 Å². The molecule has 0 unspecified atom stereocenters. The minimum absolute atomic E-state index is 0.159. The number of nitrogens with zero attached hydrogens (tertiary/aromatic N) is 1. The van der Waals surface area contributed by atoms with Crippen LogP contribution < -0.4 is 4.90 Å². The first-order chi connectivity index (χ1) is 28.3. The Morgan fingerprint density at radius 1 is 0.328 bits per heavy atom. The van der Waals surface area contributed by atoms with Crippen LogP contribution in [0, 0.1) is 0 Å². The van der Waals surface area contributed by atoms with Gasteiger partial charge in [0.25, 0.3) is 0 Å². The van der Waals surface area contributed by atoms with Crippen molar-refractivity contribution in [2.45, 2.75) is 56.8 Å². The average molecular weight is 746 g/mol. The van der Waals surface area contributed by atoms with E-state index in [2.05, 4.69) is 221 Å². The van der Waals surface area contributed by atoms with Gasteiger partial charge in [-0.3, -0.25) is 0 Å². The lowest BCUT2D eigenvalue weighted by atomic mass is 9.63. The standard InChI is InChI=1S/C57H47N/c1-55(2)33-34-56(3,4)53-35-40(31-32-51(53)55)38-27-29-39(30-28-38)46-36-47-45-23-13-16-26-50(45)57(48-24-14-11-21-43(48)44-22-12-15-25-49(44)57)52(47)37-54(46)58(41-17-7-5-8-18-41)42-19-9-6-10-20-42/h5-32,35-37H,33-34H2,1-4H3. The quantitative estimate of drug-likeness (QED) is 0.170. The van der Waals surface area contributed by atoms with Gasteiger partial charge < -0.3 is 4.90 Å². The summed E-state index contributed by atoms with van der Waals surface area (Å²) in [7, 11) is 0. The van der Waals surface area contributed by atoms with E-state index in [9.17, 15) is 0 Å². The van der Waals surface area contributed by atoms with Crippen molar-refractivity contribution in [3.8, 4) is 44.5 Å². The Labute approximate surface area is 343 Å². The highest BCUT2D eigenvalue weighted by Gasteiger charge is 2.52. The molecule has 0 bridgehead atoms. The van der Waals surface area contributed by atoms with Crippen LogP contribution in [0.5, 0.6) is 0 Å². The van der Waals surface area contributed by atoms with Gasteiger partial charge in [0.2, 0.25) is 0 Å². The molecule has 8 aromatic carbocycles. The van der Waals surface area contributed by atoms with E-state index < -0.39 is 5.41 Å². The van der Waals surface area contributed by atoms with Gasteiger partial charge in [-0.15, -0.1) is 0 Å². The molecule has 58 heavy (non-hydrogen) atoms. The molecule has 0 aliphatic heterocycles. The first-order valence-electron chi connectivity index (χ1n) is 20.9. The third-order valence-electron chi connectivity index (χ3n) is 13.8. The van der Waals surface area contributed by atoms with Gasteiger partial charge in [-0.25, -0.2) is 0 Å². The van der Waals surface area contributed by atoms with Crippen molar-refractivity contribution in [2.75, 3.05) is 4.90 Å². The number of anilines is 3. The van der Waals surface area contributed by atoms with Crippen molar-refractivity contribution in [3.05, 3.63) is 221 Å². The van der Waals surface area contributed by atoms with Gasteiger partial charge in [0.1, 0.15) is 0 Å². The van der Waals surface area contributed by atoms with E-state index in [1.807, 2.05) is 0 Å². The highest BCUT2D eigenvalue weighted by molar-refractivity contribution is 6.00. The predicted molar refractivity (Wildman–Crippen MR) is 244 cm³/mol. The van der Waals surface area contributed by atoms with Gasteiger partial charge in [0.05, 0.1) is 11.1 Å². The van der Waals surface area contributed by atoms with Crippen LogP contribution in [0.4, 0.5) is 17.1 Å². The number of fused-ring (bicyclic) bond motifs is 11. The van der Waals surface area contributed by atoms with E-state index in [4.69, 9.17) is 0 Å². The van der Waals surface area contributed by atoms with Gasteiger partial charge in [-0.05, 0) is 132 Å². The fraction of sp³-hybridized carbons (Fsp3) is 0.158. The summed E-state index contributed by atoms with van der Waals surface area (Å²) in [6.07, 6.45) is 2.43. The Balaban J connectivity index is 1.16. The summed E-state index contributed by atoms with van der Waals surface area (Å²) in [5.74, 6) is 0. The minimum Gasteiger partial charge on any atom is -0.310 e. The van der Waals surface area contributed by atoms with Crippen molar-refractivity contribution in [3.63, 3.8) is 0 Å². The molecule has 1 spiro atoms. The van der Waals surface area contributed by atoms with Crippen molar-refractivity contribution in [1.29, 1.82) is 0 Å². The second-order valence-corrected chi connectivity index (χ2v) is 17.9. The molecule has 3 aliphatic rings. The Bertz CT molecular complexity index is 2790. The third-order valence-corrected chi connectivity index (χ3v) is 13.8.